The summed E-state index contributed by atoms with van der Waals surface area (Å²) in [6.07, 6.45) is 2.04. The van der Waals surface area contributed by atoms with Gasteiger partial charge in [-0.2, -0.15) is 0 Å². The number of aromatic nitrogens is 2. The van der Waals surface area contributed by atoms with Gasteiger partial charge >= 0.3 is 0 Å². The molecule has 0 atom stereocenters. The molecule has 0 saturated carbocycles. The molecule has 4 aliphatic rings. The molecule has 12 aromatic rings. The standard InChI is InChI=1S/C62H39B2N3OS/c1-4-16-47-37(13-1)25-26-40-31-41(34-52-61(40)63(47)48-17-5-8-20-51(48)65-52)38-27-29-55-45(32-38)43-14-2-9-21-53(43)66(55)67-54-22-10-3-15-44(54)46-33-39(28-30-56(46)67)42-35-58-62-60(36-42)69-59-24-12-7-19-50(59)64(62)49-18-6-11-23-57(49)68-58/h1-24,27-36,65H,25-26H2. The molecule has 4 aliphatic heterocycles. The number of ether oxygens (including phenoxy) is 1. The molecular formula is C62H39B2N3OS. The maximum absolute atomic E-state index is 6.78. The van der Waals surface area contributed by atoms with Crippen molar-refractivity contribution in [3.8, 4) is 33.8 Å². The second-order valence-corrected chi connectivity index (χ2v) is 20.2. The fourth-order valence-electron chi connectivity index (χ4n) is 12.6. The van der Waals surface area contributed by atoms with E-state index in [0.717, 1.165) is 35.4 Å². The molecule has 0 fully saturated rings. The number of hydrogen-bond acceptors (Lipinski definition) is 3. The molecule has 7 heteroatoms. The van der Waals surface area contributed by atoms with E-state index in [1.165, 1.54) is 120 Å². The predicted octanol–water partition coefficient (Wildman–Crippen LogP) is 11.3. The van der Waals surface area contributed by atoms with Crippen molar-refractivity contribution in [1.82, 2.24) is 9.35 Å². The molecule has 0 saturated heterocycles. The van der Waals surface area contributed by atoms with Gasteiger partial charge in [0.2, 0.25) is 6.71 Å². The minimum Gasteiger partial charge on any atom is -0.458 e. The molecule has 0 radical (unpaired) electrons. The second-order valence-electron chi connectivity index (χ2n) is 19.2. The molecule has 0 aliphatic carbocycles. The first-order valence-corrected chi connectivity index (χ1v) is 24.9. The molecule has 0 bridgehead atoms. The molecule has 10 aromatic carbocycles. The van der Waals surface area contributed by atoms with Gasteiger partial charge in [0, 0.05) is 42.7 Å². The Labute approximate surface area is 404 Å². The lowest BCUT2D eigenvalue weighted by Crippen LogP contribution is -2.57. The van der Waals surface area contributed by atoms with E-state index >= 15 is 0 Å². The number of hydrogen-bond donors (Lipinski definition) is 1. The SMILES string of the molecule is c1ccc2c(c1)CCc1cc(-c3ccc4c(c3)c3ccccc3n4-n3c4ccccc4c4cc(-c5cc6c7c(c5)Sc5ccccc5B7c5ccccc5O6)ccc43)cc3c1B2c1ccccc1N3. The van der Waals surface area contributed by atoms with Crippen molar-refractivity contribution >= 4 is 113 Å². The smallest absolute Gasteiger partial charge is 0.253 e. The largest absolute Gasteiger partial charge is 0.458 e. The maximum Gasteiger partial charge on any atom is 0.253 e. The molecule has 0 amide bonds. The van der Waals surface area contributed by atoms with Crippen molar-refractivity contribution in [1.29, 1.82) is 0 Å². The van der Waals surface area contributed by atoms with Crippen molar-refractivity contribution in [3.05, 3.63) is 217 Å². The van der Waals surface area contributed by atoms with Crippen molar-refractivity contribution in [2.75, 3.05) is 5.32 Å². The molecule has 1 N–H and O–H groups in total. The van der Waals surface area contributed by atoms with Crippen molar-refractivity contribution in [3.63, 3.8) is 0 Å². The minimum atomic E-state index is 0.144. The van der Waals surface area contributed by atoms with Gasteiger partial charge in [-0.3, -0.25) is 0 Å². The van der Waals surface area contributed by atoms with Crippen LogP contribution in [0.25, 0.3) is 65.9 Å². The Morgan fingerprint density at radius 1 is 0.377 bits per heavy atom. The van der Waals surface area contributed by atoms with Gasteiger partial charge < -0.3 is 10.1 Å². The highest BCUT2D eigenvalue weighted by Crippen LogP contribution is 2.43. The second kappa shape index (κ2) is 14.2. The summed E-state index contributed by atoms with van der Waals surface area (Å²) in [5, 5.41) is 8.81. The number of fused-ring (bicyclic) bond motifs is 14. The molecule has 4 nitrogen and oxygen atoms in total. The average Bonchev–Trinajstić information content (AvgIpc) is 3.83. The van der Waals surface area contributed by atoms with Crippen LogP contribution in [0, 0.1) is 0 Å². The van der Waals surface area contributed by atoms with Crippen LogP contribution in [-0.2, 0) is 12.8 Å². The number of benzene rings is 10. The summed E-state index contributed by atoms with van der Waals surface area (Å²) >= 11 is 1.86. The first-order chi connectivity index (χ1) is 34.2. The third kappa shape index (κ3) is 5.39. The summed E-state index contributed by atoms with van der Waals surface area (Å²) < 4.78 is 11.7. The van der Waals surface area contributed by atoms with E-state index in [-0.39, 0.29) is 13.4 Å². The van der Waals surface area contributed by atoms with Gasteiger partial charge in [-0.15, -0.1) is 0 Å². The quantitative estimate of drug-likeness (QED) is 0.179. The van der Waals surface area contributed by atoms with E-state index in [1.54, 1.807) is 0 Å². The van der Waals surface area contributed by atoms with E-state index in [4.69, 9.17) is 4.74 Å². The Morgan fingerprint density at radius 3 is 1.72 bits per heavy atom. The lowest BCUT2D eigenvalue weighted by Gasteiger charge is -2.33. The van der Waals surface area contributed by atoms with Crippen LogP contribution in [0.15, 0.2) is 216 Å². The molecule has 0 unspecified atom stereocenters. The zero-order chi connectivity index (χ0) is 44.9. The van der Waals surface area contributed by atoms with Crippen LogP contribution in [-0.4, -0.2) is 22.8 Å². The normalized spacial score (nSPS) is 13.8. The monoisotopic (exact) mass is 895 g/mol. The molecule has 69 heavy (non-hydrogen) atoms. The summed E-state index contributed by atoms with van der Waals surface area (Å²) in [4.78, 5) is 2.57. The Balaban J connectivity index is 0.846. The molecular weight excluding hydrogens is 856 g/mol. The van der Waals surface area contributed by atoms with Gasteiger partial charge in [-0.1, -0.05) is 162 Å². The molecule has 6 heterocycles. The van der Waals surface area contributed by atoms with Crippen LogP contribution in [0.4, 0.5) is 11.4 Å². The van der Waals surface area contributed by atoms with Crippen LogP contribution in [0.2, 0.25) is 0 Å². The van der Waals surface area contributed by atoms with Crippen LogP contribution in [0.1, 0.15) is 11.1 Å². The third-order valence-electron chi connectivity index (χ3n) is 15.6. The Morgan fingerprint density at radius 2 is 0.957 bits per heavy atom. The van der Waals surface area contributed by atoms with Crippen molar-refractivity contribution in [2.24, 2.45) is 0 Å². The van der Waals surface area contributed by atoms with Gasteiger partial charge in [-0.05, 0) is 135 Å². The van der Waals surface area contributed by atoms with E-state index in [9.17, 15) is 0 Å². The zero-order valence-electron chi connectivity index (χ0n) is 37.4. The summed E-state index contributed by atoms with van der Waals surface area (Å²) in [7, 11) is 0. The highest BCUT2D eigenvalue weighted by atomic mass is 32.2. The van der Waals surface area contributed by atoms with Gasteiger partial charge in [0.1, 0.15) is 11.5 Å². The number of anilines is 2. The average molecular weight is 896 g/mol. The highest BCUT2D eigenvalue weighted by molar-refractivity contribution is 8.00. The Kier molecular flexibility index (Phi) is 7.81. The first-order valence-electron chi connectivity index (χ1n) is 24.1. The first kappa shape index (κ1) is 37.9. The van der Waals surface area contributed by atoms with E-state index in [2.05, 4.69) is 221 Å². The number of nitrogens with zero attached hydrogens (tertiary/aromatic N) is 2. The van der Waals surface area contributed by atoms with Gasteiger partial charge in [-0.25, -0.2) is 9.35 Å². The third-order valence-corrected chi connectivity index (χ3v) is 16.7. The molecule has 320 valence electrons. The highest BCUT2D eigenvalue weighted by Gasteiger charge is 2.40. The lowest BCUT2D eigenvalue weighted by molar-refractivity contribution is 0.486. The van der Waals surface area contributed by atoms with Crippen LogP contribution >= 0.6 is 11.8 Å². The Hall–Kier alpha value is -8.12. The maximum atomic E-state index is 6.78. The van der Waals surface area contributed by atoms with E-state index in [1.807, 2.05) is 11.8 Å². The Bertz CT molecular complexity index is 4150. The fraction of sp³-hybridized carbons (Fsp3) is 0.0323. The van der Waals surface area contributed by atoms with Crippen molar-refractivity contribution < 1.29 is 4.74 Å². The number of nitrogens with one attached hydrogen (secondary N) is 1. The van der Waals surface area contributed by atoms with Crippen LogP contribution in [0.3, 0.4) is 0 Å². The lowest BCUT2D eigenvalue weighted by atomic mass is 9.34. The molecule has 2 aromatic heterocycles. The minimum absolute atomic E-state index is 0.144. The van der Waals surface area contributed by atoms with Crippen LogP contribution < -0.4 is 42.8 Å². The van der Waals surface area contributed by atoms with Gasteiger partial charge in [0.05, 0.1) is 22.1 Å². The summed E-state index contributed by atoms with van der Waals surface area (Å²) in [6, 6.07) is 76.8. The van der Waals surface area contributed by atoms with Crippen LogP contribution in [0.5, 0.6) is 11.5 Å². The van der Waals surface area contributed by atoms with Crippen molar-refractivity contribution in [2.45, 2.75) is 22.6 Å². The van der Waals surface area contributed by atoms with Gasteiger partial charge in [0.15, 0.2) is 0 Å². The van der Waals surface area contributed by atoms with E-state index < -0.39 is 0 Å². The zero-order valence-corrected chi connectivity index (χ0v) is 38.2. The molecule has 16 rings (SSSR count). The van der Waals surface area contributed by atoms with Gasteiger partial charge in [0.25, 0.3) is 6.71 Å². The molecule has 0 spiro atoms. The number of para-hydroxylation sites is 4. The summed E-state index contributed by atoms with van der Waals surface area (Å²) in [5.41, 5.74) is 22.8. The fourth-order valence-corrected chi connectivity index (χ4v) is 13.8. The summed E-state index contributed by atoms with van der Waals surface area (Å²) in [6.45, 7) is 0.358. The number of aryl methyl sites for hydroxylation is 2. The van der Waals surface area contributed by atoms with E-state index in [0.29, 0.717) is 0 Å². The number of rotatable bonds is 3. The predicted molar refractivity (Wildman–Crippen MR) is 291 cm³/mol. The topological polar surface area (TPSA) is 31.1 Å². The summed E-state index contributed by atoms with van der Waals surface area (Å²) in [5.74, 6) is 1.88.